The fourth-order valence-electron chi connectivity index (χ4n) is 1.96. The maximum Gasteiger partial charge on any atom is 0.184 e. The molecule has 0 saturated carbocycles. The first-order valence-corrected chi connectivity index (χ1v) is 6.81. The number of phenols is 2. The van der Waals surface area contributed by atoms with Crippen LogP contribution in [-0.4, -0.2) is 30.1 Å². The number of nitrogens with zero attached hydrogens (tertiary/aromatic N) is 1. The monoisotopic (exact) mass is 282 g/mol. The van der Waals surface area contributed by atoms with Crippen LogP contribution in [0.2, 0.25) is 0 Å². The zero-order valence-corrected chi connectivity index (χ0v) is 11.5. The summed E-state index contributed by atoms with van der Waals surface area (Å²) in [7, 11) is 7.49. The minimum Gasteiger partial charge on any atom is -0.505 e. The van der Waals surface area contributed by atoms with Crippen molar-refractivity contribution < 1.29 is 10.2 Å². The van der Waals surface area contributed by atoms with Crippen LogP contribution in [-0.2, 0) is 0 Å². The van der Waals surface area contributed by atoms with Crippen molar-refractivity contribution in [2.75, 3.05) is 12.4 Å². The molecule has 0 bridgehead atoms. The maximum atomic E-state index is 9.89. The van der Waals surface area contributed by atoms with Gasteiger partial charge >= 0.3 is 0 Å². The van der Waals surface area contributed by atoms with E-state index >= 15 is 0 Å². The van der Waals surface area contributed by atoms with Crippen LogP contribution >= 0.6 is 11.3 Å². The number of rotatable bonds is 2. The van der Waals surface area contributed by atoms with Gasteiger partial charge in [-0.25, -0.2) is 4.98 Å². The lowest BCUT2D eigenvalue weighted by Gasteiger charge is -2.01. The lowest BCUT2D eigenvalue weighted by molar-refractivity contribution is 0.410. The van der Waals surface area contributed by atoms with Crippen molar-refractivity contribution in [3.8, 4) is 22.1 Å². The topological polar surface area (TPSA) is 65.4 Å². The molecule has 3 aromatic rings. The van der Waals surface area contributed by atoms with Crippen LogP contribution in [0.1, 0.15) is 0 Å². The number of hydrogen-bond donors (Lipinski definition) is 3. The van der Waals surface area contributed by atoms with E-state index in [1.807, 2.05) is 31.3 Å². The first-order chi connectivity index (χ1) is 9.60. The van der Waals surface area contributed by atoms with Crippen LogP contribution in [0.4, 0.5) is 5.69 Å². The summed E-state index contributed by atoms with van der Waals surface area (Å²) in [4.78, 5) is 4.37. The predicted molar refractivity (Wildman–Crippen MR) is 83.3 cm³/mol. The van der Waals surface area contributed by atoms with Crippen LogP contribution in [0, 0.1) is 0 Å². The Hall–Kier alpha value is -2.21. The Morgan fingerprint density at radius 1 is 1.15 bits per heavy atom. The minimum absolute atomic E-state index is 0.149. The van der Waals surface area contributed by atoms with Crippen LogP contribution in [0.25, 0.3) is 20.8 Å². The van der Waals surface area contributed by atoms with E-state index in [4.69, 9.17) is 7.85 Å². The summed E-state index contributed by atoms with van der Waals surface area (Å²) in [5.41, 5.74) is 2.48. The third kappa shape index (κ3) is 1.98. The fraction of sp³-hybridized carbons (Fsp3) is 0.0714. The van der Waals surface area contributed by atoms with Crippen molar-refractivity contribution in [1.82, 2.24) is 4.98 Å². The molecule has 3 N–H and O–H groups in total. The van der Waals surface area contributed by atoms with E-state index in [0.717, 1.165) is 21.0 Å². The summed E-state index contributed by atoms with van der Waals surface area (Å²) in [5, 5.41) is 23.3. The molecule has 6 heteroatoms. The normalized spacial score (nSPS) is 10.8. The van der Waals surface area contributed by atoms with Gasteiger partial charge in [0.15, 0.2) is 11.5 Å². The second-order valence-electron chi connectivity index (χ2n) is 4.36. The van der Waals surface area contributed by atoms with Crippen molar-refractivity contribution in [1.29, 1.82) is 0 Å². The van der Waals surface area contributed by atoms with E-state index in [1.165, 1.54) is 11.3 Å². The number of anilines is 1. The maximum absolute atomic E-state index is 9.89. The Bertz CT molecular complexity index is 784. The molecule has 0 spiro atoms. The Morgan fingerprint density at radius 2 is 1.85 bits per heavy atom. The summed E-state index contributed by atoms with van der Waals surface area (Å²) < 4.78 is 0.741. The lowest BCUT2D eigenvalue weighted by atomic mass is 9.94. The van der Waals surface area contributed by atoms with E-state index < -0.39 is 0 Å². The SMILES string of the molecule is [B]c1cc2sc(-c3ccc(NC)cc3)nc2c(O)c1O. The van der Waals surface area contributed by atoms with Gasteiger partial charge in [0, 0.05) is 18.3 Å². The minimum atomic E-state index is -0.320. The van der Waals surface area contributed by atoms with Gasteiger partial charge < -0.3 is 15.5 Å². The van der Waals surface area contributed by atoms with Gasteiger partial charge in [-0.2, -0.15) is 0 Å². The first kappa shape index (κ1) is 12.8. The number of hydrogen-bond acceptors (Lipinski definition) is 5. The third-order valence-corrected chi connectivity index (χ3v) is 4.13. The zero-order valence-electron chi connectivity index (χ0n) is 10.7. The molecule has 1 aromatic heterocycles. The smallest absolute Gasteiger partial charge is 0.184 e. The Balaban J connectivity index is 2.15. The van der Waals surface area contributed by atoms with E-state index in [1.54, 1.807) is 6.07 Å². The quantitative estimate of drug-likeness (QED) is 0.498. The van der Waals surface area contributed by atoms with Gasteiger partial charge in [0.2, 0.25) is 0 Å². The number of aromatic nitrogens is 1. The number of aromatic hydroxyl groups is 2. The molecule has 20 heavy (non-hydrogen) atoms. The summed E-state index contributed by atoms with van der Waals surface area (Å²) in [6.45, 7) is 0. The number of thiazole rings is 1. The summed E-state index contributed by atoms with van der Waals surface area (Å²) >= 11 is 1.42. The highest BCUT2D eigenvalue weighted by Gasteiger charge is 2.14. The molecule has 3 rings (SSSR count). The van der Waals surface area contributed by atoms with Crippen molar-refractivity contribution >= 4 is 40.5 Å². The first-order valence-electron chi connectivity index (χ1n) is 5.99. The summed E-state index contributed by atoms with van der Waals surface area (Å²) in [5.74, 6) is -0.589. The molecular formula is C14H11BN2O2S. The molecule has 98 valence electrons. The van der Waals surface area contributed by atoms with Crippen LogP contribution < -0.4 is 10.8 Å². The zero-order chi connectivity index (χ0) is 14.3. The molecular weight excluding hydrogens is 271 g/mol. The van der Waals surface area contributed by atoms with Crippen molar-refractivity contribution in [2.24, 2.45) is 0 Å². The Labute approximate surface area is 121 Å². The molecule has 4 nitrogen and oxygen atoms in total. The summed E-state index contributed by atoms with van der Waals surface area (Å²) in [6.07, 6.45) is 0. The molecule has 0 aliphatic heterocycles. The molecule has 0 fully saturated rings. The van der Waals surface area contributed by atoms with Gasteiger partial charge in [0.05, 0.1) is 4.70 Å². The number of fused-ring (bicyclic) bond motifs is 1. The van der Waals surface area contributed by atoms with E-state index in [-0.39, 0.29) is 17.0 Å². The number of benzene rings is 2. The fourth-order valence-corrected chi connectivity index (χ4v) is 2.98. The lowest BCUT2D eigenvalue weighted by Crippen LogP contribution is -2.01. The molecule has 0 aliphatic carbocycles. The summed E-state index contributed by atoms with van der Waals surface area (Å²) in [6, 6.07) is 9.42. The second kappa shape index (κ2) is 4.72. The molecule has 0 amide bonds. The molecule has 0 saturated heterocycles. The average molecular weight is 282 g/mol. The molecule has 2 radical (unpaired) electrons. The molecule has 0 aliphatic rings. The van der Waals surface area contributed by atoms with Crippen LogP contribution in [0.3, 0.4) is 0 Å². The molecule has 1 heterocycles. The highest BCUT2D eigenvalue weighted by Crippen LogP contribution is 2.37. The van der Waals surface area contributed by atoms with Gasteiger partial charge in [-0.1, -0.05) is 5.46 Å². The van der Waals surface area contributed by atoms with Gasteiger partial charge in [0.25, 0.3) is 0 Å². The van der Waals surface area contributed by atoms with Gasteiger partial charge in [-0.05, 0) is 30.3 Å². The molecule has 0 unspecified atom stereocenters. The Morgan fingerprint density at radius 3 is 2.50 bits per heavy atom. The number of nitrogens with one attached hydrogen (secondary N) is 1. The largest absolute Gasteiger partial charge is 0.505 e. The molecule has 2 aromatic carbocycles. The van der Waals surface area contributed by atoms with E-state index in [2.05, 4.69) is 10.3 Å². The predicted octanol–water partition coefficient (Wildman–Crippen LogP) is 2.21. The van der Waals surface area contributed by atoms with Crippen molar-refractivity contribution in [2.45, 2.75) is 0 Å². The average Bonchev–Trinajstić information content (AvgIpc) is 2.89. The van der Waals surface area contributed by atoms with Crippen LogP contribution in [0.15, 0.2) is 30.3 Å². The Kier molecular flexibility index (Phi) is 3.02. The standard InChI is InChI=1S/C14H11BN2O2S/c1-16-8-4-2-7(3-5-8)14-17-11-10(20-14)6-9(15)12(18)13(11)19/h2-6,16,18-19H,1H3. The van der Waals surface area contributed by atoms with E-state index in [0.29, 0.717) is 5.52 Å². The second-order valence-corrected chi connectivity index (χ2v) is 5.39. The highest BCUT2D eigenvalue weighted by molar-refractivity contribution is 7.21. The molecule has 0 atom stereocenters. The van der Waals surface area contributed by atoms with Gasteiger partial charge in [0.1, 0.15) is 18.4 Å². The van der Waals surface area contributed by atoms with Crippen molar-refractivity contribution in [3.63, 3.8) is 0 Å². The van der Waals surface area contributed by atoms with E-state index in [9.17, 15) is 10.2 Å². The highest BCUT2D eigenvalue weighted by atomic mass is 32.1. The van der Waals surface area contributed by atoms with Crippen molar-refractivity contribution in [3.05, 3.63) is 30.3 Å². The van der Waals surface area contributed by atoms with Gasteiger partial charge in [-0.15, -0.1) is 11.3 Å². The van der Waals surface area contributed by atoms with Crippen LogP contribution in [0.5, 0.6) is 11.5 Å². The van der Waals surface area contributed by atoms with Gasteiger partial charge in [-0.3, -0.25) is 0 Å². The number of phenolic OH excluding ortho intramolecular Hbond substituents is 2. The third-order valence-electron chi connectivity index (χ3n) is 3.08.